The molecule has 5 heteroatoms. The first kappa shape index (κ1) is 19.7. The molecule has 5 nitrogen and oxygen atoms in total. The molecule has 0 heterocycles. The Hall–Kier alpha value is -1.26. The van der Waals surface area contributed by atoms with E-state index in [1.54, 1.807) is 0 Å². The standard InChI is InChI=1S/C16H33N3O2/c1-5-17-16(19-13-11-14(2)3)18-12-9-7-6-8-10-15(20)21-4/h14H,5-13H2,1-4H3,(H2,17,18,19). The van der Waals surface area contributed by atoms with Crippen LogP contribution in [0.4, 0.5) is 0 Å². The largest absolute Gasteiger partial charge is 0.469 e. The summed E-state index contributed by atoms with van der Waals surface area (Å²) >= 11 is 0. The van der Waals surface area contributed by atoms with Crippen LogP contribution < -0.4 is 10.6 Å². The smallest absolute Gasteiger partial charge is 0.305 e. The Morgan fingerprint density at radius 3 is 2.48 bits per heavy atom. The first-order chi connectivity index (χ1) is 10.1. The molecule has 0 saturated carbocycles. The Morgan fingerprint density at radius 2 is 1.86 bits per heavy atom. The third kappa shape index (κ3) is 13.5. The van der Waals surface area contributed by atoms with Crippen LogP contribution in [0.3, 0.4) is 0 Å². The zero-order valence-electron chi connectivity index (χ0n) is 14.2. The van der Waals surface area contributed by atoms with Gasteiger partial charge in [0.05, 0.1) is 7.11 Å². The molecule has 2 N–H and O–H groups in total. The molecule has 0 aliphatic heterocycles. The fourth-order valence-electron chi connectivity index (χ4n) is 1.85. The van der Waals surface area contributed by atoms with E-state index < -0.39 is 0 Å². The Morgan fingerprint density at radius 1 is 1.14 bits per heavy atom. The van der Waals surface area contributed by atoms with Crippen molar-refractivity contribution in [3.63, 3.8) is 0 Å². The molecule has 0 radical (unpaired) electrons. The van der Waals surface area contributed by atoms with Gasteiger partial charge in [0.1, 0.15) is 0 Å². The Labute approximate surface area is 129 Å². The molecule has 0 unspecified atom stereocenters. The zero-order valence-corrected chi connectivity index (χ0v) is 14.2. The number of methoxy groups -OCH3 is 1. The van der Waals surface area contributed by atoms with Crippen LogP contribution in [-0.2, 0) is 9.53 Å². The molecule has 0 aliphatic carbocycles. The van der Waals surface area contributed by atoms with Crippen molar-refractivity contribution in [3.05, 3.63) is 0 Å². The van der Waals surface area contributed by atoms with E-state index in [2.05, 4.69) is 41.1 Å². The number of carbonyl (C=O) groups excluding carboxylic acids is 1. The first-order valence-electron chi connectivity index (χ1n) is 8.19. The summed E-state index contributed by atoms with van der Waals surface area (Å²) in [5.41, 5.74) is 0. The minimum atomic E-state index is -0.114. The van der Waals surface area contributed by atoms with Gasteiger partial charge in [-0.2, -0.15) is 0 Å². The number of carbonyl (C=O) groups is 1. The average molecular weight is 299 g/mol. The van der Waals surface area contributed by atoms with Crippen molar-refractivity contribution in [2.24, 2.45) is 10.9 Å². The summed E-state index contributed by atoms with van der Waals surface area (Å²) in [6.07, 6.45) is 5.80. The second-order valence-electron chi connectivity index (χ2n) is 5.61. The fourth-order valence-corrected chi connectivity index (χ4v) is 1.85. The van der Waals surface area contributed by atoms with Gasteiger partial charge in [-0.05, 0) is 32.1 Å². The summed E-state index contributed by atoms with van der Waals surface area (Å²) in [5, 5.41) is 6.61. The van der Waals surface area contributed by atoms with Crippen LogP contribution >= 0.6 is 0 Å². The highest BCUT2D eigenvalue weighted by Crippen LogP contribution is 2.04. The van der Waals surface area contributed by atoms with Gasteiger partial charge in [0.2, 0.25) is 0 Å². The number of rotatable bonds is 11. The molecule has 0 aromatic carbocycles. The van der Waals surface area contributed by atoms with Crippen molar-refractivity contribution >= 4 is 11.9 Å². The van der Waals surface area contributed by atoms with E-state index in [1.807, 2.05) is 0 Å². The minimum absolute atomic E-state index is 0.114. The number of aliphatic imine (C=N–C) groups is 1. The van der Waals surface area contributed by atoms with Crippen molar-refractivity contribution in [2.45, 2.75) is 59.3 Å². The van der Waals surface area contributed by atoms with Gasteiger partial charge in [-0.1, -0.05) is 26.7 Å². The summed E-state index contributed by atoms with van der Waals surface area (Å²) in [6.45, 7) is 9.19. The third-order valence-electron chi connectivity index (χ3n) is 3.14. The van der Waals surface area contributed by atoms with Gasteiger partial charge >= 0.3 is 5.97 Å². The second kappa shape index (κ2) is 13.7. The van der Waals surface area contributed by atoms with E-state index in [1.165, 1.54) is 7.11 Å². The molecule has 0 saturated heterocycles. The van der Waals surface area contributed by atoms with E-state index in [0.717, 1.165) is 57.7 Å². The first-order valence-corrected chi connectivity index (χ1v) is 8.19. The Kier molecular flexibility index (Phi) is 12.9. The van der Waals surface area contributed by atoms with Crippen LogP contribution in [0.2, 0.25) is 0 Å². The summed E-state index contributed by atoms with van der Waals surface area (Å²) in [6, 6.07) is 0. The van der Waals surface area contributed by atoms with Crippen molar-refractivity contribution in [3.8, 4) is 0 Å². The molecule has 21 heavy (non-hydrogen) atoms. The van der Waals surface area contributed by atoms with Crippen LogP contribution in [-0.4, -0.2) is 38.7 Å². The van der Waals surface area contributed by atoms with Crippen molar-refractivity contribution in [1.29, 1.82) is 0 Å². The molecule has 0 aromatic heterocycles. The second-order valence-corrected chi connectivity index (χ2v) is 5.61. The predicted octanol–water partition coefficient (Wildman–Crippen LogP) is 2.71. The topological polar surface area (TPSA) is 62.7 Å². The molecule has 0 aliphatic rings. The predicted molar refractivity (Wildman–Crippen MR) is 88.5 cm³/mol. The lowest BCUT2D eigenvalue weighted by Gasteiger charge is -2.12. The molecule has 0 fully saturated rings. The fraction of sp³-hybridized carbons (Fsp3) is 0.875. The van der Waals surface area contributed by atoms with Crippen molar-refractivity contribution < 1.29 is 9.53 Å². The highest BCUT2D eigenvalue weighted by atomic mass is 16.5. The average Bonchev–Trinajstić information content (AvgIpc) is 2.45. The maximum Gasteiger partial charge on any atom is 0.305 e. The maximum atomic E-state index is 10.9. The molecule has 0 rings (SSSR count). The van der Waals surface area contributed by atoms with Gasteiger partial charge in [-0.3, -0.25) is 9.79 Å². The normalized spacial score (nSPS) is 11.6. The van der Waals surface area contributed by atoms with Gasteiger partial charge in [0.25, 0.3) is 0 Å². The van der Waals surface area contributed by atoms with Crippen molar-refractivity contribution in [2.75, 3.05) is 26.7 Å². The molecule has 124 valence electrons. The third-order valence-corrected chi connectivity index (χ3v) is 3.14. The SMILES string of the molecule is CCNC(=NCCCCCCC(=O)OC)NCCC(C)C. The molecule has 0 amide bonds. The maximum absolute atomic E-state index is 10.9. The van der Waals surface area contributed by atoms with Crippen LogP contribution in [0.25, 0.3) is 0 Å². The zero-order chi connectivity index (χ0) is 15.9. The van der Waals surface area contributed by atoms with Gasteiger partial charge in [0, 0.05) is 26.1 Å². The molecular formula is C16H33N3O2. The number of unbranched alkanes of at least 4 members (excludes halogenated alkanes) is 3. The number of hydrogen-bond acceptors (Lipinski definition) is 3. The van der Waals surface area contributed by atoms with Crippen LogP contribution in [0.15, 0.2) is 4.99 Å². The van der Waals surface area contributed by atoms with E-state index in [4.69, 9.17) is 0 Å². The molecular weight excluding hydrogens is 266 g/mol. The Bertz CT molecular complexity index is 291. The molecule has 0 aromatic rings. The highest BCUT2D eigenvalue weighted by molar-refractivity contribution is 5.79. The van der Waals surface area contributed by atoms with E-state index in [-0.39, 0.29) is 5.97 Å². The lowest BCUT2D eigenvalue weighted by molar-refractivity contribution is -0.140. The van der Waals surface area contributed by atoms with Gasteiger partial charge in [0.15, 0.2) is 5.96 Å². The number of ether oxygens (including phenoxy) is 1. The summed E-state index contributed by atoms with van der Waals surface area (Å²) < 4.78 is 4.61. The number of hydrogen-bond donors (Lipinski definition) is 2. The van der Waals surface area contributed by atoms with Gasteiger partial charge < -0.3 is 15.4 Å². The van der Waals surface area contributed by atoms with Crippen molar-refractivity contribution in [1.82, 2.24) is 10.6 Å². The quantitative estimate of drug-likeness (QED) is 0.266. The minimum Gasteiger partial charge on any atom is -0.469 e. The lowest BCUT2D eigenvalue weighted by atomic mass is 10.1. The van der Waals surface area contributed by atoms with E-state index >= 15 is 0 Å². The number of nitrogens with zero attached hydrogens (tertiary/aromatic N) is 1. The number of nitrogens with one attached hydrogen (secondary N) is 2. The van der Waals surface area contributed by atoms with Crippen LogP contribution in [0, 0.1) is 5.92 Å². The van der Waals surface area contributed by atoms with Crippen LogP contribution in [0.1, 0.15) is 59.3 Å². The highest BCUT2D eigenvalue weighted by Gasteiger charge is 2.00. The number of esters is 1. The molecule has 0 atom stereocenters. The van der Waals surface area contributed by atoms with Gasteiger partial charge in [-0.15, -0.1) is 0 Å². The summed E-state index contributed by atoms with van der Waals surface area (Å²) in [4.78, 5) is 15.5. The molecule has 0 spiro atoms. The summed E-state index contributed by atoms with van der Waals surface area (Å²) in [7, 11) is 1.44. The molecule has 0 bridgehead atoms. The number of guanidine groups is 1. The lowest BCUT2D eigenvalue weighted by Crippen LogP contribution is -2.38. The van der Waals surface area contributed by atoms with Gasteiger partial charge in [-0.25, -0.2) is 0 Å². The van der Waals surface area contributed by atoms with Crippen LogP contribution in [0.5, 0.6) is 0 Å². The van der Waals surface area contributed by atoms with E-state index in [9.17, 15) is 4.79 Å². The Balaban J connectivity index is 3.70. The summed E-state index contributed by atoms with van der Waals surface area (Å²) in [5.74, 6) is 1.50. The van der Waals surface area contributed by atoms with E-state index in [0.29, 0.717) is 12.3 Å². The monoisotopic (exact) mass is 299 g/mol.